The van der Waals surface area contributed by atoms with E-state index in [9.17, 15) is 23.2 Å². The highest BCUT2D eigenvalue weighted by Gasteiger charge is 2.51. The van der Waals surface area contributed by atoms with Crippen LogP contribution in [0.1, 0.15) is 35.9 Å². The van der Waals surface area contributed by atoms with Gasteiger partial charge >= 0.3 is 6.55 Å². The Kier molecular flexibility index (Phi) is 6.82. The molecule has 0 spiro atoms. The first kappa shape index (κ1) is 24.7. The van der Waals surface area contributed by atoms with Crippen LogP contribution in [0.5, 0.6) is 0 Å². The fourth-order valence-corrected chi connectivity index (χ4v) is 5.50. The number of ketones is 1. The molecule has 0 saturated heterocycles. The van der Waals surface area contributed by atoms with Crippen molar-refractivity contribution in [1.82, 2.24) is 20.7 Å². The minimum absolute atomic E-state index is 0.000711. The molecule has 4 atom stereocenters. The summed E-state index contributed by atoms with van der Waals surface area (Å²) in [6.45, 7) is 0.661. The lowest BCUT2D eigenvalue weighted by atomic mass is 9.70. The molecule has 4 unspecified atom stereocenters. The number of allylic oxidation sites excluding steroid dienone is 1. The largest absolute Gasteiger partial charge is 0.363 e. The number of amides is 2. The second-order valence-corrected chi connectivity index (χ2v) is 9.67. The minimum atomic E-state index is -2.92. The van der Waals surface area contributed by atoms with Gasteiger partial charge < -0.3 is 11.1 Å². The number of rotatable bonds is 8. The number of nitrogens with zero attached hydrogens (tertiary/aromatic N) is 2. The Hall–Kier alpha value is -3.44. The van der Waals surface area contributed by atoms with Crippen molar-refractivity contribution in [2.75, 3.05) is 0 Å². The normalized spacial score (nSPS) is 24.1. The average molecular weight is 502 g/mol. The number of hydrazine groups is 1. The summed E-state index contributed by atoms with van der Waals surface area (Å²) in [5.74, 6) is -3.51. The van der Waals surface area contributed by atoms with Gasteiger partial charge in [0.15, 0.2) is 0 Å². The third kappa shape index (κ3) is 4.73. The number of carbonyl (C=O) groups excluding carboxylic acids is 3. The highest BCUT2D eigenvalue weighted by atomic mass is 32.1. The van der Waals surface area contributed by atoms with Crippen LogP contribution < -0.4 is 16.5 Å². The lowest BCUT2D eigenvalue weighted by molar-refractivity contribution is -0.138. The SMILES string of the molecule is CC1C=Cc2scnc2C1C1(C)NN(C(F)F)C=C1C(=O)NC(Cc1ccccc1)C(=O)C(N)=O. The molecule has 2 aliphatic rings. The molecule has 0 bridgehead atoms. The molecule has 2 amide bonds. The molecule has 2 aromatic rings. The molecular formula is C24H25F2N5O3S. The molecule has 8 nitrogen and oxygen atoms in total. The number of fused-ring (bicyclic) bond motifs is 1. The number of hydrogen-bond acceptors (Lipinski definition) is 7. The van der Waals surface area contributed by atoms with Crippen LogP contribution in [0.15, 0.2) is 53.7 Å². The molecule has 11 heteroatoms. The van der Waals surface area contributed by atoms with Gasteiger partial charge in [0.2, 0.25) is 5.78 Å². The maximum Gasteiger partial charge on any atom is 0.327 e. The van der Waals surface area contributed by atoms with Gasteiger partial charge in [0.1, 0.15) is 6.04 Å². The molecule has 1 aliphatic heterocycles. The van der Waals surface area contributed by atoms with E-state index >= 15 is 0 Å². The van der Waals surface area contributed by atoms with Crippen LogP contribution in [0.3, 0.4) is 0 Å². The summed E-state index contributed by atoms with van der Waals surface area (Å²) in [7, 11) is 0. The number of nitrogens with two attached hydrogens (primary N) is 1. The lowest BCUT2D eigenvalue weighted by Gasteiger charge is -2.40. The Balaban J connectivity index is 1.68. The maximum absolute atomic E-state index is 13.7. The summed E-state index contributed by atoms with van der Waals surface area (Å²) < 4.78 is 27.5. The number of carbonyl (C=O) groups is 3. The van der Waals surface area contributed by atoms with Gasteiger partial charge in [-0.3, -0.25) is 19.4 Å². The number of nitrogens with one attached hydrogen (secondary N) is 2. The van der Waals surface area contributed by atoms with Gasteiger partial charge in [-0.15, -0.1) is 11.3 Å². The van der Waals surface area contributed by atoms with E-state index in [1.807, 2.05) is 19.1 Å². The highest BCUT2D eigenvalue weighted by molar-refractivity contribution is 7.10. The third-order valence-corrected chi connectivity index (χ3v) is 7.22. The first-order valence-corrected chi connectivity index (χ1v) is 11.9. The topological polar surface area (TPSA) is 117 Å². The minimum Gasteiger partial charge on any atom is -0.363 e. The van der Waals surface area contributed by atoms with E-state index in [1.54, 1.807) is 42.8 Å². The van der Waals surface area contributed by atoms with Crippen molar-refractivity contribution in [3.63, 3.8) is 0 Å². The van der Waals surface area contributed by atoms with E-state index in [0.29, 0.717) is 16.3 Å². The van der Waals surface area contributed by atoms with E-state index in [2.05, 4.69) is 15.7 Å². The van der Waals surface area contributed by atoms with Crippen molar-refractivity contribution in [3.05, 3.63) is 69.8 Å². The molecular weight excluding hydrogens is 476 g/mol. The highest BCUT2D eigenvalue weighted by Crippen LogP contribution is 2.47. The molecule has 1 aliphatic carbocycles. The fourth-order valence-electron chi connectivity index (χ4n) is 4.76. The summed E-state index contributed by atoms with van der Waals surface area (Å²) >= 11 is 1.42. The lowest BCUT2D eigenvalue weighted by Crippen LogP contribution is -2.56. The van der Waals surface area contributed by atoms with E-state index in [1.165, 1.54) is 11.3 Å². The molecule has 35 heavy (non-hydrogen) atoms. The van der Waals surface area contributed by atoms with Crippen molar-refractivity contribution in [2.45, 2.75) is 44.3 Å². The van der Waals surface area contributed by atoms with Gasteiger partial charge in [0.25, 0.3) is 11.8 Å². The predicted molar refractivity (Wildman–Crippen MR) is 127 cm³/mol. The van der Waals surface area contributed by atoms with Gasteiger partial charge in [-0.1, -0.05) is 43.3 Å². The van der Waals surface area contributed by atoms with Crippen molar-refractivity contribution >= 4 is 35.0 Å². The summed E-state index contributed by atoms with van der Waals surface area (Å²) in [4.78, 5) is 43.1. The van der Waals surface area contributed by atoms with Gasteiger partial charge in [0, 0.05) is 18.5 Å². The molecule has 0 radical (unpaired) electrons. The van der Waals surface area contributed by atoms with Crippen LogP contribution in [-0.4, -0.2) is 45.7 Å². The van der Waals surface area contributed by atoms with Crippen LogP contribution in [0.4, 0.5) is 8.78 Å². The van der Waals surface area contributed by atoms with Crippen LogP contribution in [0.25, 0.3) is 6.08 Å². The second kappa shape index (κ2) is 9.67. The molecule has 184 valence electrons. The van der Waals surface area contributed by atoms with E-state index < -0.39 is 41.6 Å². The predicted octanol–water partition coefficient (Wildman–Crippen LogP) is 2.36. The van der Waals surface area contributed by atoms with E-state index in [0.717, 1.165) is 11.1 Å². The van der Waals surface area contributed by atoms with Crippen LogP contribution in [0, 0.1) is 5.92 Å². The molecule has 1 aromatic heterocycles. The van der Waals surface area contributed by atoms with Crippen molar-refractivity contribution < 1.29 is 23.2 Å². The Morgan fingerprint density at radius 1 is 1.29 bits per heavy atom. The molecule has 2 heterocycles. The van der Waals surface area contributed by atoms with Crippen LogP contribution in [-0.2, 0) is 20.8 Å². The zero-order valence-electron chi connectivity index (χ0n) is 19.1. The number of aromatic nitrogens is 1. The zero-order chi connectivity index (χ0) is 25.3. The summed E-state index contributed by atoms with van der Waals surface area (Å²) in [5, 5.41) is 3.15. The smallest absolute Gasteiger partial charge is 0.327 e. The Morgan fingerprint density at radius 2 is 2.00 bits per heavy atom. The number of halogens is 2. The van der Waals surface area contributed by atoms with Crippen molar-refractivity contribution in [3.8, 4) is 0 Å². The molecule has 0 saturated carbocycles. The monoisotopic (exact) mass is 501 g/mol. The maximum atomic E-state index is 13.7. The zero-order valence-corrected chi connectivity index (χ0v) is 19.9. The Morgan fingerprint density at radius 3 is 2.66 bits per heavy atom. The van der Waals surface area contributed by atoms with Gasteiger partial charge in [-0.25, -0.2) is 10.4 Å². The van der Waals surface area contributed by atoms with Crippen LogP contribution >= 0.6 is 11.3 Å². The molecule has 1 aromatic carbocycles. The Bertz CT molecular complexity index is 1200. The average Bonchev–Trinajstić information content (AvgIpc) is 3.43. The molecule has 4 N–H and O–H groups in total. The quantitative estimate of drug-likeness (QED) is 0.378. The van der Waals surface area contributed by atoms with Gasteiger partial charge in [0.05, 0.1) is 27.2 Å². The van der Waals surface area contributed by atoms with Gasteiger partial charge in [-0.2, -0.15) is 8.78 Å². The van der Waals surface area contributed by atoms with Crippen molar-refractivity contribution in [2.24, 2.45) is 11.7 Å². The van der Waals surface area contributed by atoms with Crippen LogP contribution in [0.2, 0.25) is 0 Å². The number of Topliss-reactive ketones (excluding diaryl/α,β-unsaturated/α-hetero) is 1. The first-order chi connectivity index (χ1) is 16.6. The summed E-state index contributed by atoms with van der Waals surface area (Å²) in [5.41, 5.74) is 9.80. The second-order valence-electron chi connectivity index (χ2n) is 8.78. The van der Waals surface area contributed by atoms with E-state index in [4.69, 9.17) is 5.73 Å². The number of alkyl halides is 2. The number of primary amides is 1. The molecule has 0 fully saturated rings. The standard InChI is InChI=1S/C24H25F2N5O3S/c1-13-8-9-17-19(28-12-35-17)18(13)24(2)15(11-31(30-24)23(25)26)22(34)29-16(20(32)21(27)33)10-14-6-4-3-5-7-14/h3-9,11-13,16,18,23,30H,10H2,1-2H3,(H2,27,33)(H,29,34). The number of benzene rings is 1. The van der Waals surface area contributed by atoms with E-state index in [-0.39, 0.29) is 17.9 Å². The Labute approximate surface area is 204 Å². The fraction of sp³-hybridized carbons (Fsp3) is 0.333. The van der Waals surface area contributed by atoms with Gasteiger partial charge in [-0.05, 0) is 24.5 Å². The molecule has 4 rings (SSSR count). The summed E-state index contributed by atoms with van der Waals surface area (Å²) in [6, 6.07) is 7.53. The number of hydrogen-bond donors (Lipinski definition) is 3. The third-order valence-electron chi connectivity index (χ3n) is 6.41. The summed E-state index contributed by atoms with van der Waals surface area (Å²) in [6.07, 6.45) is 4.95. The van der Waals surface area contributed by atoms with Crippen molar-refractivity contribution in [1.29, 1.82) is 0 Å². The first-order valence-electron chi connectivity index (χ1n) is 11.0. The number of thiazole rings is 1.